The summed E-state index contributed by atoms with van der Waals surface area (Å²) in [6.07, 6.45) is -1.71. The first kappa shape index (κ1) is 13.6. The van der Waals surface area contributed by atoms with Crippen LogP contribution in [0.1, 0.15) is 5.56 Å². The Morgan fingerprint density at radius 1 is 1.37 bits per heavy atom. The molecule has 0 radical (unpaired) electrons. The Morgan fingerprint density at radius 2 is 2.05 bits per heavy atom. The van der Waals surface area contributed by atoms with Crippen LogP contribution >= 0.6 is 11.8 Å². The Labute approximate surface area is 110 Å². The Balaban J connectivity index is 2.41. The number of alkyl halides is 2. The van der Waals surface area contributed by atoms with Crippen molar-refractivity contribution >= 4 is 32.9 Å². The van der Waals surface area contributed by atoms with Gasteiger partial charge in [0, 0.05) is 0 Å². The van der Waals surface area contributed by atoms with Crippen molar-refractivity contribution in [3.63, 3.8) is 0 Å². The van der Waals surface area contributed by atoms with Crippen molar-refractivity contribution in [2.75, 3.05) is 0 Å². The van der Waals surface area contributed by atoms with Crippen molar-refractivity contribution in [3.05, 3.63) is 29.7 Å². The lowest BCUT2D eigenvalue weighted by Crippen LogP contribution is -2.14. The summed E-state index contributed by atoms with van der Waals surface area (Å²) in [5.74, 6) is -0.483. The largest absolute Gasteiger partial charge is 0.293 e. The lowest BCUT2D eigenvalue weighted by molar-refractivity contribution is 0.228. The number of hydrogen-bond donors (Lipinski definition) is 2. The smallest absolute Gasteiger partial charge is 0.286 e. The van der Waals surface area contributed by atoms with Gasteiger partial charge in [-0.25, -0.2) is 17.9 Å². The minimum absolute atomic E-state index is 0.208. The molecule has 0 aliphatic carbocycles. The van der Waals surface area contributed by atoms with Crippen LogP contribution in [0.4, 0.5) is 13.2 Å². The third-order valence-corrected chi connectivity index (χ3v) is 3.14. The highest BCUT2D eigenvalue weighted by atomic mass is 32.2. The molecule has 0 aliphatic heterocycles. The molecule has 1 heterocycles. The van der Waals surface area contributed by atoms with Gasteiger partial charge in [-0.05, 0) is 36.4 Å². The molecule has 0 unspecified atom stereocenters. The van der Waals surface area contributed by atoms with E-state index in [0.717, 1.165) is 4.68 Å². The predicted molar refractivity (Wildman–Crippen MR) is 68.9 cm³/mol. The van der Waals surface area contributed by atoms with Gasteiger partial charge in [-0.2, -0.15) is 5.10 Å². The number of nitrogens with zero attached hydrogens (tertiary/aromatic N) is 2. The van der Waals surface area contributed by atoms with Crippen LogP contribution in [0, 0.1) is 23.6 Å². The summed E-state index contributed by atoms with van der Waals surface area (Å²) in [5, 5.41) is 17.4. The zero-order valence-corrected chi connectivity index (χ0v) is 10.6. The maximum absolute atomic E-state index is 13.6. The fraction of sp³-hybridized carbons (Fsp3) is 0.182. The lowest BCUT2D eigenvalue weighted by Gasteiger charge is -2.06. The Kier molecular flexibility index (Phi) is 3.61. The zero-order valence-electron chi connectivity index (χ0n) is 9.75. The third-order valence-electron chi connectivity index (χ3n) is 2.38. The number of halogens is 3. The molecule has 0 aliphatic rings. The number of benzene rings is 1. The number of rotatable bonds is 1. The first-order chi connectivity index (χ1) is 8.90. The van der Waals surface area contributed by atoms with Crippen LogP contribution in [0.25, 0.3) is 10.9 Å². The number of fused-ring (bicyclic) bond motifs is 1. The number of aryl methyl sites for hydroxylation is 1. The van der Waals surface area contributed by atoms with E-state index in [4.69, 9.17) is 10.8 Å². The normalized spacial score (nSPS) is 11.2. The second kappa shape index (κ2) is 5.04. The van der Waals surface area contributed by atoms with Gasteiger partial charge in [-0.15, -0.1) is 0 Å². The molecule has 0 bridgehead atoms. The van der Waals surface area contributed by atoms with E-state index >= 15 is 0 Å². The van der Waals surface area contributed by atoms with E-state index < -0.39 is 17.3 Å². The van der Waals surface area contributed by atoms with E-state index in [-0.39, 0.29) is 22.3 Å². The fourth-order valence-corrected chi connectivity index (χ4v) is 2.10. The van der Waals surface area contributed by atoms with Crippen molar-refractivity contribution in [2.45, 2.75) is 13.3 Å². The van der Waals surface area contributed by atoms with Gasteiger partial charge < -0.3 is 0 Å². The monoisotopic (exact) mass is 286 g/mol. The van der Waals surface area contributed by atoms with Gasteiger partial charge in [0.25, 0.3) is 6.43 Å². The highest BCUT2D eigenvalue weighted by Crippen LogP contribution is 2.22. The number of thioether (sulfide) groups is 1. The summed E-state index contributed by atoms with van der Waals surface area (Å²) >= 11 is 0.287. The maximum atomic E-state index is 13.6. The summed E-state index contributed by atoms with van der Waals surface area (Å²) < 4.78 is 39.1. The van der Waals surface area contributed by atoms with Crippen LogP contribution in [-0.4, -0.2) is 26.4 Å². The van der Waals surface area contributed by atoms with E-state index in [1.54, 1.807) is 13.0 Å². The minimum Gasteiger partial charge on any atom is -0.293 e. The first-order valence-electron chi connectivity index (χ1n) is 5.17. The van der Waals surface area contributed by atoms with E-state index in [9.17, 15) is 13.2 Å². The zero-order chi connectivity index (χ0) is 14.2. The highest BCUT2D eigenvalue weighted by molar-refractivity contribution is 8.26. The van der Waals surface area contributed by atoms with Crippen molar-refractivity contribution < 1.29 is 13.2 Å². The molecule has 2 aromatic rings. The van der Waals surface area contributed by atoms with Gasteiger partial charge in [0.2, 0.25) is 0 Å². The van der Waals surface area contributed by atoms with Gasteiger partial charge in [0.05, 0.1) is 17.1 Å². The van der Waals surface area contributed by atoms with E-state index in [1.807, 2.05) is 0 Å². The summed E-state index contributed by atoms with van der Waals surface area (Å²) in [6, 6.07) is 2.93. The summed E-state index contributed by atoms with van der Waals surface area (Å²) in [7, 11) is 0. The van der Waals surface area contributed by atoms with Gasteiger partial charge in [-0.3, -0.25) is 10.8 Å². The average molecular weight is 286 g/mol. The Morgan fingerprint density at radius 3 is 2.68 bits per heavy atom. The molecular formula is C11H9F3N4S. The second-order valence-corrected chi connectivity index (χ2v) is 4.84. The molecule has 1 aromatic carbocycles. The van der Waals surface area contributed by atoms with Crippen molar-refractivity contribution in [1.29, 1.82) is 10.8 Å². The van der Waals surface area contributed by atoms with E-state index in [2.05, 4.69) is 5.10 Å². The molecule has 1 aromatic heterocycles. The molecule has 19 heavy (non-hydrogen) atoms. The van der Waals surface area contributed by atoms with Crippen LogP contribution in [0.2, 0.25) is 0 Å². The van der Waals surface area contributed by atoms with Gasteiger partial charge in [-0.1, -0.05) is 0 Å². The minimum atomic E-state index is -2.94. The van der Waals surface area contributed by atoms with Gasteiger partial charge in [0.1, 0.15) is 10.9 Å². The maximum Gasteiger partial charge on any atom is 0.286 e. The van der Waals surface area contributed by atoms with Crippen LogP contribution in [-0.2, 0) is 0 Å². The summed E-state index contributed by atoms with van der Waals surface area (Å²) in [6.45, 7) is 1.68. The first-order valence-corrected chi connectivity index (χ1v) is 5.99. The van der Waals surface area contributed by atoms with Crippen molar-refractivity contribution in [3.8, 4) is 0 Å². The number of hydrogen-bond acceptors (Lipinski definition) is 4. The van der Waals surface area contributed by atoms with Crippen LogP contribution in [0.3, 0.4) is 0 Å². The summed E-state index contributed by atoms with van der Waals surface area (Å²) in [4.78, 5) is 0. The average Bonchev–Trinajstić information content (AvgIpc) is 2.72. The Bertz CT molecular complexity index is 665. The third kappa shape index (κ3) is 2.62. The Hall–Kier alpha value is -1.83. The highest BCUT2D eigenvalue weighted by Gasteiger charge is 2.18. The quantitative estimate of drug-likeness (QED) is 0.624. The summed E-state index contributed by atoms with van der Waals surface area (Å²) in [5.41, 5.74) is 0.950. The fourth-order valence-electron chi connectivity index (χ4n) is 1.57. The number of aromatic nitrogens is 2. The molecule has 0 saturated heterocycles. The molecule has 0 saturated carbocycles. The van der Waals surface area contributed by atoms with Crippen LogP contribution in [0.15, 0.2) is 18.3 Å². The van der Waals surface area contributed by atoms with Crippen molar-refractivity contribution in [2.24, 2.45) is 0 Å². The lowest BCUT2D eigenvalue weighted by atomic mass is 10.2. The molecule has 2 N–H and O–H groups in total. The molecule has 0 atom stereocenters. The predicted octanol–water partition coefficient (Wildman–Crippen LogP) is 3.24. The van der Waals surface area contributed by atoms with Gasteiger partial charge in [0.15, 0.2) is 5.17 Å². The van der Waals surface area contributed by atoms with Crippen molar-refractivity contribution in [1.82, 2.24) is 9.78 Å². The number of nitrogens with one attached hydrogen (secondary N) is 2. The second-order valence-electron chi connectivity index (χ2n) is 3.81. The molecule has 2 rings (SSSR count). The van der Waals surface area contributed by atoms with Gasteiger partial charge >= 0.3 is 0 Å². The SMILES string of the molecule is Cc1cc(F)c2cnn(C(=N)SC(=N)C(F)F)c2c1. The molecule has 0 fully saturated rings. The van der Waals surface area contributed by atoms with E-state index in [0.29, 0.717) is 11.1 Å². The molecular weight excluding hydrogens is 277 g/mol. The molecule has 8 heteroatoms. The standard InChI is InChI=1S/C11H9F3N4S/c1-5-2-7(12)6-4-17-18(8(6)3-5)11(16)19-10(15)9(13)14/h2-4,9,15-16H,1H3. The molecule has 100 valence electrons. The topological polar surface area (TPSA) is 65.5 Å². The molecule has 0 amide bonds. The van der Waals surface area contributed by atoms with Crippen LogP contribution in [0.5, 0.6) is 0 Å². The van der Waals surface area contributed by atoms with Crippen LogP contribution < -0.4 is 0 Å². The van der Waals surface area contributed by atoms with E-state index in [1.165, 1.54) is 12.3 Å². The molecule has 4 nitrogen and oxygen atoms in total. The molecule has 0 spiro atoms.